The molecule has 1 aromatic carbocycles. The lowest BCUT2D eigenvalue weighted by Crippen LogP contribution is -2.36. The second-order valence-corrected chi connectivity index (χ2v) is 6.65. The van der Waals surface area contributed by atoms with E-state index in [9.17, 15) is 4.79 Å². The lowest BCUT2D eigenvalue weighted by atomic mass is 10.2. The van der Waals surface area contributed by atoms with Crippen molar-refractivity contribution in [3.8, 4) is 10.6 Å². The van der Waals surface area contributed by atoms with E-state index in [1.54, 1.807) is 12.4 Å². The summed E-state index contributed by atoms with van der Waals surface area (Å²) < 4.78 is 0. The second-order valence-electron chi connectivity index (χ2n) is 5.79. The molecule has 24 heavy (non-hydrogen) atoms. The first-order valence-corrected chi connectivity index (χ1v) is 8.74. The number of hydrogen-bond donors (Lipinski definition) is 0. The van der Waals surface area contributed by atoms with Gasteiger partial charge in [-0.1, -0.05) is 30.3 Å². The van der Waals surface area contributed by atoms with Crippen LogP contribution >= 0.6 is 11.3 Å². The van der Waals surface area contributed by atoms with Gasteiger partial charge in [0.05, 0.1) is 0 Å². The van der Waals surface area contributed by atoms with Gasteiger partial charge in [0.25, 0.3) is 5.91 Å². The molecule has 0 aliphatic rings. The van der Waals surface area contributed by atoms with E-state index in [2.05, 4.69) is 9.97 Å². The zero-order chi connectivity index (χ0) is 16.9. The van der Waals surface area contributed by atoms with Crippen LogP contribution in [-0.2, 0) is 6.54 Å². The Bertz CT molecular complexity index is 800. The Balaban J connectivity index is 1.82. The van der Waals surface area contributed by atoms with E-state index in [1.807, 2.05) is 66.6 Å². The zero-order valence-corrected chi connectivity index (χ0v) is 14.5. The third-order valence-electron chi connectivity index (χ3n) is 3.71. The first-order chi connectivity index (χ1) is 11.6. The highest BCUT2D eigenvalue weighted by molar-refractivity contribution is 7.13. The molecule has 5 heteroatoms. The molecule has 0 atom stereocenters. The Labute approximate surface area is 145 Å². The van der Waals surface area contributed by atoms with E-state index in [1.165, 1.54) is 11.3 Å². The first kappa shape index (κ1) is 16.3. The molecule has 3 aromatic rings. The first-order valence-electron chi connectivity index (χ1n) is 7.86. The number of aromatic nitrogens is 2. The molecule has 4 nitrogen and oxygen atoms in total. The van der Waals surface area contributed by atoms with Crippen molar-refractivity contribution < 1.29 is 4.79 Å². The Morgan fingerprint density at radius 1 is 1.17 bits per heavy atom. The molecular weight excluding hydrogens is 318 g/mol. The molecule has 0 bridgehead atoms. The minimum absolute atomic E-state index is 0.0414. The number of benzene rings is 1. The van der Waals surface area contributed by atoms with Crippen molar-refractivity contribution in [1.29, 1.82) is 0 Å². The second kappa shape index (κ2) is 7.36. The van der Waals surface area contributed by atoms with Crippen molar-refractivity contribution in [2.24, 2.45) is 0 Å². The number of carbonyl (C=O) groups excluding carboxylic acids is 1. The maximum Gasteiger partial charge on any atom is 0.273 e. The molecule has 0 radical (unpaired) electrons. The van der Waals surface area contributed by atoms with E-state index >= 15 is 0 Å². The molecule has 0 unspecified atom stereocenters. The largest absolute Gasteiger partial charge is 0.331 e. The van der Waals surface area contributed by atoms with Crippen molar-refractivity contribution in [3.63, 3.8) is 0 Å². The van der Waals surface area contributed by atoms with E-state index in [0.717, 1.165) is 16.1 Å². The minimum atomic E-state index is -0.0414. The summed E-state index contributed by atoms with van der Waals surface area (Å²) in [4.78, 5) is 23.4. The maximum atomic E-state index is 12.9. The minimum Gasteiger partial charge on any atom is -0.331 e. The van der Waals surface area contributed by atoms with Crippen LogP contribution in [0.4, 0.5) is 0 Å². The lowest BCUT2D eigenvalue weighted by Gasteiger charge is -2.26. The van der Waals surface area contributed by atoms with Crippen LogP contribution in [0.2, 0.25) is 0 Å². The number of rotatable bonds is 5. The van der Waals surface area contributed by atoms with Gasteiger partial charge in [-0.2, -0.15) is 0 Å². The molecule has 2 heterocycles. The van der Waals surface area contributed by atoms with Crippen molar-refractivity contribution >= 4 is 17.2 Å². The number of carbonyl (C=O) groups is 1. The van der Waals surface area contributed by atoms with Gasteiger partial charge in [-0.3, -0.25) is 9.78 Å². The molecule has 0 saturated heterocycles. The molecule has 3 rings (SSSR count). The molecule has 0 N–H and O–H groups in total. The van der Waals surface area contributed by atoms with Crippen LogP contribution in [0.5, 0.6) is 0 Å². The van der Waals surface area contributed by atoms with Gasteiger partial charge in [-0.25, -0.2) is 4.98 Å². The van der Waals surface area contributed by atoms with Crippen LogP contribution in [0.25, 0.3) is 10.6 Å². The average Bonchev–Trinajstić information content (AvgIpc) is 3.11. The van der Waals surface area contributed by atoms with Crippen molar-refractivity contribution in [1.82, 2.24) is 14.9 Å². The normalized spacial score (nSPS) is 10.8. The standard InChI is InChI=1S/C19H19N3OS/c1-14(2)22(12-15-7-4-3-5-8-15)19(23)17-13-24-18(21-17)16-9-6-10-20-11-16/h3-11,13-14H,12H2,1-2H3. The van der Waals surface area contributed by atoms with Gasteiger partial charge in [0.15, 0.2) is 0 Å². The quantitative estimate of drug-likeness (QED) is 0.699. The number of amides is 1. The highest BCUT2D eigenvalue weighted by Crippen LogP contribution is 2.24. The summed E-state index contributed by atoms with van der Waals surface area (Å²) in [7, 11) is 0. The molecule has 0 aliphatic carbocycles. The van der Waals surface area contributed by atoms with Crippen LogP contribution in [0.3, 0.4) is 0 Å². The van der Waals surface area contributed by atoms with Crippen LogP contribution in [0, 0.1) is 0 Å². The molecule has 122 valence electrons. The summed E-state index contributed by atoms with van der Waals surface area (Å²) in [5.74, 6) is -0.0414. The lowest BCUT2D eigenvalue weighted by molar-refractivity contribution is 0.0685. The summed E-state index contributed by atoms with van der Waals surface area (Å²) in [6.45, 7) is 4.63. The molecule has 0 fully saturated rings. The smallest absolute Gasteiger partial charge is 0.273 e. The SMILES string of the molecule is CC(C)N(Cc1ccccc1)C(=O)c1csc(-c2cccnc2)n1. The van der Waals surface area contributed by atoms with Crippen LogP contribution in [-0.4, -0.2) is 26.8 Å². The fourth-order valence-corrected chi connectivity index (χ4v) is 3.19. The summed E-state index contributed by atoms with van der Waals surface area (Å²) in [6, 6.07) is 13.9. The van der Waals surface area contributed by atoms with Crippen molar-refractivity contribution in [2.45, 2.75) is 26.4 Å². The fraction of sp³-hybridized carbons (Fsp3) is 0.211. The number of thiazole rings is 1. The third kappa shape index (κ3) is 3.68. The third-order valence-corrected chi connectivity index (χ3v) is 4.60. The van der Waals surface area contributed by atoms with Crippen LogP contribution in [0.15, 0.2) is 60.2 Å². The topological polar surface area (TPSA) is 46.1 Å². The Hall–Kier alpha value is -2.53. The van der Waals surface area contributed by atoms with Gasteiger partial charge in [0.2, 0.25) is 0 Å². The number of hydrogen-bond acceptors (Lipinski definition) is 4. The Morgan fingerprint density at radius 2 is 1.96 bits per heavy atom. The summed E-state index contributed by atoms with van der Waals surface area (Å²) in [6.07, 6.45) is 3.49. The summed E-state index contributed by atoms with van der Waals surface area (Å²) in [5, 5.41) is 2.64. The van der Waals surface area contributed by atoms with Gasteiger partial charge in [0, 0.05) is 35.9 Å². The van der Waals surface area contributed by atoms with Crippen LogP contribution < -0.4 is 0 Å². The molecular formula is C19H19N3OS. The van der Waals surface area contributed by atoms with Gasteiger partial charge in [0.1, 0.15) is 10.7 Å². The molecule has 1 amide bonds. The highest BCUT2D eigenvalue weighted by atomic mass is 32.1. The van der Waals surface area contributed by atoms with Gasteiger partial charge in [-0.05, 0) is 31.5 Å². The van der Waals surface area contributed by atoms with Gasteiger partial charge < -0.3 is 4.90 Å². The fourth-order valence-electron chi connectivity index (χ4n) is 2.41. The van der Waals surface area contributed by atoms with E-state index in [-0.39, 0.29) is 11.9 Å². The maximum absolute atomic E-state index is 12.9. The highest BCUT2D eigenvalue weighted by Gasteiger charge is 2.21. The van der Waals surface area contributed by atoms with E-state index < -0.39 is 0 Å². The predicted octanol–water partition coefficient (Wildman–Crippen LogP) is 4.26. The molecule has 0 saturated carbocycles. The van der Waals surface area contributed by atoms with E-state index in [0.29, 0.717) is 12.2 Å². The average molecular weight is 337 g/mol. The van der Waals surface area contributed by atoms with Gasteiger partial charge >= 0.3 is 0 Å². The Kier molecular flexibility index (Phi) is 5.01. The van der Waals surface area contributed by atoms with Crippen molar-refractivity contribution in [2.75, 3.05) is 0 Å². The molecule has 0 spiro atoms. The number of pyridine rings is 1. The number of nitrogens with zero attached hydrogens (tertiary/aromatic N) is 3. The monoisotopic (exact) mass is 337 g/mol. The molecule has 0 aliphatic heterocycles. The zero-order valence-electron chi connectivity index (χ0n) is 13.7. The van der Waals surface area contributed by atoms with E-state index in [4.69, 9.17) is 0 Å². The van der Waals surface area contributed by atoms with Crippen molar-refractivity contribution in [3.05, 3.63) is 71.5 Å². The van der Waals surface area contributed by atoms with Crippen LogP contribution in [0.1, 0.15) is 29.9 Å². The Morgan fingerprint density at radius 3 is 2.62 bits per heavy atom. The molecule has 2 aromatic heterocycles. The summed E-state index contributed by atoms with van der Waals surface area (Å²) >= 11 is 1.47. The predicted molar refractivity (Wildman–Crippen MR) is 96.8 cm³/mol. The summed E-state index contributed by atoms with van der Waals surface area (Å²) in [5.41, 5.74) is 2.53. The van der Waals surface area contributed by atoms with Gasteiger partial charge in [-0.15, -0.1) is 11.3 Å².